The van der Waals surface area contributed by atoms with Gasteiger partial charge in [0.25, 0.3) is 5.91 Å². The van der Waals surface area contributed by atoms with Gasteiger partial charge < -0.3 is 5.32 Å². The molecule has 4 heteroatoms. The van der Waals surface area contributed by atoms with E-state index >= 15 is 0 Å². The number of nitrogens with one attached hydrogen (secondary N) is 1. The van der Waals surface area contributed by atoms with Crippen LogP contribution < -0.4 is 5.32 Å². The van der Waals surface area contributed by atoms with Crippen molar-refractivity contribution in [3.63, 3.8) is 0 Å². The highest BCUT2D eigenvalue weighted by molar-refractivity contribution is 6.04. The molecule has 0 bridgehead atoms. The van der Waals surface area contributed by atoms with E-state index in [1.165, 1.54) is 12.3 Å². The Bertz CT molecular complexity index is 772. The molecule has 1 N–H and O–H groups in total. The monoisotopic (exact) mass is 266 g/mol. The van der Waals surface area contributed by atoms with Crippen LogP contribution in [-0.2, 0) is 0 Å². The zero-order chi connectivity index (χ0) is 13.9. The number of hydrogen-bond acceptors (Lipinski definition) is 2. The van der Waals surface area contributed by atoms with Crippen molar-refractivity contribution in [2.45, 2.75) is 0 Å². The van der Waals surface area contributed by atoms with Crippen LogP contribution in [0.15, 0.2) is 60.8 Å². The number of hydrogen-bond donors (Lipinski definition) is 1. The van der Waals surface area contributed by atoms with Crippen molar-refractivity contribution in [1.29, 1.82) is 0 Å². The first-order chi connectivity index (χ1) is 9.74. The fourth-order valence-electron chi connectivity index (χ4n) is 1.98. The molecule has 0 spiro atoms. The number of rotatable bonds is 2. The first-order valence-corrected chi connectivity index (χ1v) is 6.15. The smallest absolute Gasteiger partial charge is 0.255 e. The van der Waals surface area contributed by atoms with E-state index in [0.29, 0.717) is 22.2 Å². The second kappa shape index (κ2) is 5.09. The Balaban J connectivity index is 1.90. The molecule has 0 fully saturated rings. The van der Waals surface area contributed by atoms with Crippen molar-refractivity contribution < 1.29 is 9.18 Å². The number of nitrogens with zero attached hydrogens (tertiary/aromatic N) is 1. The maximum atomic E-state index is 13.5. The lowest BCUT2D eigenvalue weighted by atomic mass is 10.2. The molecule has 1 aromatic heterocycles. The summed E-state index contributed by atoms with van der Waals surface area (Å²) in [6, 6.07) is 15.3. The maximum Gasteiger partial charge on any atom is 0.255 e. The molecule has 20 heavy (non-hydrogen) atoms. The SMILES string of the molecule is O=C(Nc1cnc2c(F)cccc2c1)c1ccccc1. The molecule has 0 aliphatic rings. The topological polar surface area (TPSA) is 42.0 Å². The van der Waals surface area contributed by atoms with Gasteiger partial charge in [0, 0.05) is 10.9 Å². The van der Waals surface area contributed by atoms with E-state index in [9.17, 15) is 9.18 Å². The molecule has 0 atom stereocenters. The lowest BCUT2D eigenvalue weighted by molar-refractivity contribution is 0.102. The number of pyridine rings is 1. The standard InChI is InChI=1S/C16H11FN2O/c17-14-8-4-7-12-9-13(10-18-15(12)14)19-16(20)11-5-2-1-3-6-11/h1-10H,(H,19,20). The van der Waals surface area contributed by atoms with Crippen LogP contribution in [0, 0.1) is 5.82 Å². The Labute approximate surface area is 115 Å². The first kappa shape index (κ1) is 12.3. The van der Waals surface area contributed by atoms with E-state index in [0.717, 1.165) is 0 Å². The van der Waals surface area contributed by atoms with E-state index in [2.05, 4.69) is 10.3 Å². The van der Waals surface area contributed by atoms with Crippen LogP contribution in [-0.4, -0.2) is 10.9 Å². The average molecular weight is 266 g/mol. The summed E-state index contributed by atoms with van der Waals surface area (Å²) in [7, 11) is 0. The summed E-state index contributed by atoms with van der Waals surface area (Å²) in [4.78, 5) is 16.0. The van der Waals surface area contributed by atoms with Crippen molar-refractivity contribution in [2.24, 2.45) is 0 Å². The molecular weight excluding hydrogens is 255 g/mol. The van der Waals surface area contributed by atoms with Gasteiger partial charge in [-0.1, -0.05) is 30.3 Å². The third-order valence-electron chi connectivity index (χ3n) is 2.96. The Hall–Kier alpha value is -2.75. The zero-order valence-electron chi connectivity index (χ0n) is 10.5. The van der Waals surface area contributed by atoms with Crippen molar-refractivity contribution in [2.75, 3.05) is 5.32 Å². The lowest BCUT2D eigenvalue weighted by Gasteiger charge is -2.06. The van der Waals surface area contributed by atoms with Crippen LogP contribution in [0.25, 0.3) is 10.9 Å². The van der Waals surface area contributed by atoms with Gasteiger partial charge >= 0.3 is 0 Å². The van der Waals surface area contributed by atoms with E-state index in [-0.39, 0.29) is 11.7 Å². The summed E-state index contributed by atoms with van der Waals surface area (Å²) < 4.78 is 13.5. The quantitative estimate of drug-likeness (QED) is 0.769. The van der Waals surface area contributed by atoms with Gasteiger partial charge in [0.2, 0.25) is 0 Å². The lowest BCUT2D eigenvalue weighted by Crippen LogP contribution is -2.11. The molecule has 0 saturated heterocycles. The van der Waals surface area contributed by atoms with E-state index in [1.54, 1.807) is 42.5 Å². The third kappa shape index (κ3) is 2.36. The molecular formula is C16H11FN2O. The van der Waals surface area contributed by atoms with Crippen molar-refractivity contribution in [3.8, 4) is 0 Å². The summed E-state index contributed by atoms with van der Waals surface area (Å²) in [5, 5.41) is 3.39. The minimum absolute atomic E-state index is 0.219. The molecule has 3 rings (SSSR count). The molecule has 0 unspecified atom stereocenters. The Kier molecular flexibility index (Phi) is 3.13. The molecule has 0 radical (unpaired) electrons. The predicted molar refractivity (Wildman–Crippen MR) is 76.1 cm³/mol. The number of carbonyl (C=O) groups excluding carboxylic acids is 1. The predicted octanol–water partition coefficient (Wildman–Crippen LogP) is 3.63. The number of aromatic nitrogens is 1. The van der Waals surface area contributed by atoms with Gasteiger partial charge in [-0.25, -0.2) is 4.39 Å². The van der Waals surface area contributed by atoms with Gasteiger partial charge in [0.1, 0.15) is 11.3 Å². The van der Waals surface area contributed by atoms with Gasteiger partial charge in [0.15, 0.2) is 0 Å². The largest absolute Gasteiger partial charge is 0.321 e. The van der Waals surface area contributed by atoms with Gasteiger partial charge in [0.05, 0.1) is 11.9 Å². The summed E-state index contributed by atoms with van der Waals surface area (Å²) in [5.41, 5.74) is 1.40. The Morgan fingerprint density at radius 3 is 2.65 bits per heavy atom. The van der Waals surface area contributed by atoms with Gasteiger partial charge in [-0.2, -0.15) is 0 Å². The van der Waals surface area contributed by atoms with Crippen molar-refractivity contribution in [3.05, 3.63) is 72.2 Å². The second-order valence-corrected chi connectivity index (χ2v) is 4.36. The van der Waals surface area contributed by atoms with E-state index in [1.807, 2.05) is 6.07 Å². The first-order valence-electron chi connectivity index (χ1n) is 6.15. The van der Waals surface area contributed by atoms with Crippen LogP contribution >= 0.6 is 0 Å². The number of carbonyl (C=O) groups is 1. The summed E-state index contributed by atoms with van der Waals surface area (Å²) >= 11 is 0. The molecule has 2 aromatic carbocycles. The highest BCUT2D eigenvalue weighted by Crippen LogP contribution is 2.19. The Morgan fingerprint density at radius 2 is 1.85 bits per heavy atom. The molecule has 98 valence electrons. The number of para-hydroxylation sites is 1. The molecule has 1 amide bonds. The summed E-state index contributed by atoms with van der Waals surface area (Å²) in [5.74, 6) is -0.591. The number of benzene rings is 2. The minimum Gasteiger partial charge on any atom is -0.321 e. The van der Waals surface area contributed by atoms with Crippen molar-refractivity contribution in [1.82, 2.24) is 4.98 Å². The molecule has 3 nitrogen and oxygen atoms in total. The molecule has 0 saturated carbocycles. The number of amides is 1. The number of anilines is 1. The van der Waals surface area contributed by atoms with Gasteiger partial charge in [-0.05, 0) is 24.3 Å². The molecule has 3 aromatic rings. The Morgan fingerprint density at radius 1 is 1.05 bits per heavy atom. The minimum atomic E-state index is -0.372. The normalized spacial score (nSPS) is 10.4. The maximum absolute atomic E-state index is 13.5. The third-order valence-corrected chi connectivity index (χ3v) is 2.96. The van der Waals surface area contributed by atoms with Gasteiger partial charge in [-0.3, -0.25) is 9.78 Å². The van der Waals surface area contributed by atoms with Crippen LogP contribution in [0.4, 0.5) is 10.1 Å². The zero-order valence-corrected chi connectivity index (χ0v) is 10.5. The average Bonchev–Trinajstić information content (AvgIpc) is 2.48. The van der Waals surface area contributed by atoms with Crippen molar-refractivity contribution >= 4 is 22.5 Å². The van der Waals surface area contributed by atoms with Crippen LogP contribution in [0.1, 0.15) is 10.4 Å². The number of halogens is 1. The fourth-order valence-corrected chi connectivity index (χ4v) is 1.98. The van der Waals surface area contributed by atoms with E-state index in [4.69, 9.17) is 0 Å². The summed E-state index contributed by atoms with van der Waals surface area (Å²) in [6.45, 7) is 0. The highest BCUT2D eigenvalue weighted by atomic mass is 19.1. The molecule has 0 aliphatic carbocycles. The van der Waals surface area contributed by atoms with Crippen LogP contribution in [0.2, 0.25) is 0 Å². The molecule has 1 heterocycles. The fraction of sp³-hybridized carbons (Fsp3) is 0. The highest BCUT2D eigenvalue weighted by Gasteiger charge is 2.07. The van der Waals surface area contributed by atoms with Crippen LogP contribution in [0.5, 0.6) is 0 Å². The number of fused-ring (bicyclic) bond motifs is 1. The summed E-state index contributed by atoms with van der Waals surface area (Å²) in [6.07, 6.45) is 1.45. The van der Waals surface area contributed by atoms with Crippen LogP contribution in [0.3, 0.4) is 0 Å². The van der Waals surface area contributed by atoms with E-state index < -0.39 is 0 Å². The molecule has 0 aliphatic heterocycles. The van der Waals surface area contributed by atoms with Gasteiger partial charge in [-0.15, -0.1) is 0 Å². The second-order valence-electron chi connectivity index (χ2n) is 4.36.